The summed E-state index contributed by atoms with van der Waals surface area (Å²) in [6.45, 7) is 0.565. The SMILES string of the molecule is COc1cc(CCCN)c(O)c2c1NC(=O)C2. The lowest BCUT2D eigenvalue weighted by molar-refractivity contribution is -0.115. The molecule has 4 N–H and O–H groups in total. The van der Waals surface area contributed by atoms with E-state index in [0.29, 0.717) is 30.0 Å². The fourth-order valence-corrected chi connectivity index (χ4v) is 2.06. The highest BCUT2D eigenvalue weighted by atomic mass is 16.5. The maximum Gasteiger partial charge on any atom is 0.229 e. The molecule has 0 radical (unpaired) electrons. The predicted octanol–water partition coefficient (Wildman–Crippen LogP) is 0.787. The molecule has 5 heteroatoms. The molecule has 1 aliphatic heterocycles. The molecule has 0 aliphatic carbocycles. The zero-order valence-electron chi connectivity index (χ0n) is 9.75. The lowest BCUT2D eigenvalue weighted by Crippen LogP contribution is -2.04. The van der Waals surface area contributed by atoms with E-state index in [1.807, 2.05) is 0 Å². The number of aromatic hydroxyl groups is 1. The van der Waals surface area contributed by atoms with Gasteiger partial charge in [-0.1, -0.05) is 0 Å². The number of ether oxygens (including phenoxy) is 1. The van der Waals surface area contributed by atoms with Gasteiger partial charge < -0.3 is 20.9 Å². The Morgan fingerprint density at radius 1 is 1.59 bits per heavy atom. The van der Waals surface area contributed by atoms with Crippen LogP contribution in [-0.2, 0) is 17.6 Å². The largest absolute Gasteiger partial charge is 0.507 e. The molecular formula is C12H16N2O3. The van der Waals surface area contributed by atoms with Gasteiger partial charge in [-0.15, -0.1) is 0 Å². The predicted molar refractivity (Wildman–Crippen MR) is 64.4 cm³/mol. The fourth-order valence-electron chi connectivity index (χ4n) is 2.06. The van der Waals surface area contributed by atoms with Gasteiger partial charge in [-0.3, -0.25) is 4.79 Å². The smallest absolute Gasteiger partial charge is 0.229 e. The minimum atomic E-state index is -0.121. The highest BCUT2D eigenvalue weighted by molar-refractivity contribution is 6.02. The number of anilines is 1. The zero-order chi connectivity index (χ0) is 12.4. The summed E-state index contributed by atoms with van der Waals surface area (Å²) in [5.74, 6) is 0.660. The van der Waals surface area contributed by atoms with E-state index >= 15 is 0 Å². The van der Waals surface area contributed by atoms with Crippen molar-refractivity contribution in [1.82, 2.24) is 0 Å². The van der Waals surface area contributed by atoms with Crippen molar-refractivity contribution in [1.29, 1.82) is 0 Å². The molecule has 0 bridgehead atoms. The van der Waals surface area contributed by atoms with Crippen molar-refractivity contribution < 1.29 is 14.6 Å². The van der Waals surface area contributed by atoms with E-state index in [0.717, 1.165) is 12.0 Å². The standard InChI is InChI=1S/C12H16N2O3/c1-17-9-5-7(3-2-4-13)12(16)8-6-10(15)14-11(8)9/h5,16H,2-4,6,13H2,1H3,(H,14,15). The summed E-state index contributed by atoms with van der Waals surface area (Å²) >= 11 is 0. The molecule has 0 saturated heterocycles. The number of carbonyl (C=O) groups excluding carboxylic acids is 1. The molecule has 0 aromatic heterocycles. The molecule has 1 amide bonds. The lowest BCUT2D eigenvalue weighted by Gasteiger charge is -2.12. The van der Waals surface area contributed by atoms with Crippen molar-refractivity contribution in [3.63, 3.8) is 0 Å². The van der Waals surface area contributed by atoms with E-state index in [2.05, 4.69) is 5.32 Å². The van der Waals surface area contributed by atoms with Crippen LogP contribution in [-0.4, -0.2) is 24.7 Å². The average Bonchev–Trinajstić information content (AvgIpc) is 2.71. The van der Waals surface area contributed by atoms with Crippen LogP contribution in [0.25, 0.3) is 0 Å². The van der Waals surface area contributed by atoms with Gasteiger partial charge in [0.1, 0.15) is 11.5 Å². The van der Waals surface area contributed by atoms with Gasteiger partial charge in [-0.05, 0) is 31.0 Å². The number of hydrogen-bond donors (Lipinski definition) is 3. The number of phenols is 1. The van der Waals surface area contributed by atoms with E-state index in [9.17, 15) is 9.90 Å². The Labute approximate surface area is 99.6 Å². The second-order valence-corrected chi connectivity index (χ2v) is 4.06. The van der Waals surface area contributed by atoms with Crippen LogP contribution in [0, 0.1) is 0 Å². The number of benzene rings is 1. The Balaban J connectivity index is 2.44. The number of methoxy groups -OCH3 is 1. The van der Waals surface area contributed by atoms with Crippen LogP contribution in [0.1, 0.15) is 17.5 Å². The van der Waals surface area contributed by atoms with E-state index in [1.165, 1.54) is 0 Å². The van der Waals surface area contributed by atoms with Crippen LogP contribution in [0.2, 0.25) is 0 Å². The Morgan fingerprint density at radius 3 is 3.00 bits per heavy atom. The first-order chi connectivity index (χ1) is 8.17. The van der Waals surface area contributed by atoms with Gasteiger partial charge in [0, 0.05) is 5.56 Å². The van der Waals surface area contributed by atoms with Gasteiger partial charge in [0.25, 0.3) is 0 Å². The van der Waals surface area contributed by atoms with Gasteiger partial charge in [-0.2, -0.15) is 0 Å². The van der Waals surface area contributed by atoms with Crippen molar-refractivity contribution in [2.24, 2.45) is 5.73 Å². The molecule has 92 valence electrons. The maximum absolute atomic E-state index is 11.3. The summed E-state index contributed by atoms with van der Waals surface area (Å²) in [4.78, 5) is 11.3. The third-order valence-corrected chi connectivity index (χ3v) is 2.92. The molecule has 0 spiro atoms. The normalized spacial score (nSPS) is 13.4. The second kappa shape index (κ2) is 4.63. The van der Waals surface area contributed by atoms with Gasteiger partial charge in [0.2, 0.25) is 5.91 Å². The highest BCUT2D eigenvalue weighted by Gasteiger charge is 2.26. The third kappa shape index (κ3) is 2.06. The van der Waals surface area contributed by atoms with Gasteiger partial charge in [0.05, 0.1) is 19.2 Å². The number of nitrogens with two attached hydrogens (primary N) is 1. The molecule has 1 aromatic carbocycles. The van der Waals surface area contributed by atoms with Crippen molar-refractivity contribution in [2.75, 3.05) is 19.0 Å². The van der Waals surface area contributed by atoms with Crippen molar-refractivity contribution >= 4 is 11.6 Å². The number of rotatable bonds is 4. The van der Waals surface area contributed by atoms with Crippen LogP contribution in [0.3, 0.4) is 0 Å². The maximum atomic E-state index is 11.3. The molecule has 0 saturated carbocycles. The first-order valence-corrected chi connectivity index (χ1v) is 5.59. The van der Waals surface area contributed by atoms with Crippen molar-refractivity contribution in [2.45, 2.75) is 19.3 Å². The third-order valence-electron chi connectivity index (χ3n) is 2.92. The zero-order valence-corrected chi connectivity index (χ0v) is 9.75. The molecule has 2 rings (SSSR count). The summed E-state index contributed by atoms with van der Waals surface area (Å²) in [6, 6.07) is 1.76. The monoisotopic (exact) mass is 236 g/mol. The Hall–Kier alpha value is -1.75. The first-order valence-electron chi connectivity index (χ1n) is 5.59. The van der Waals surface area contributed by atoms with Crippen LogP contribution in [0.4, 0.5) is 5.69 Å². The molecule has 1 aliphatic rings. The Bertz CT molecular complexity index is 458. The molecule has 1 heterocycles. The molecular weight excluding hydrogens is 220 g/mol. The van der Waals surface area contributed by atoms with E-state index in [1.54, 1.807) is 13.2 Å². The molecule has 0 fully saturated rings. The van der Waals surface area contributed by atoms with Crippen molar-refractivity contribution in [3.05, 3.63) is 17.2 Å². The number of carbonyl (C=O) groups is 1. The number of nitrogens with one attached hydrogen (secondary N) is 1. The van der Waals surface area contributed by atoms with Gasteiger partial charge in [0.15, 0.2) is 0 Å². The Morgan fingerprint density at radius 2 is 2.35 bits per heavy atom. The lowest BCUT2D eigenvalue weighted by atomic mass is 10.0. The van der Waals surface area contributed by atoms with Gasteiger partial charge >= 0.3 is 0 Å². The molecule has 17 heavy (non-hydrogen) atoms. The summed E-state index contributed by atoms with van der Waals surface area (Å²) in [5, 5.41) is 12.8. The summed E-state index contributed by atoms with van der Waals surface area (Å²) in [6.07, 6.45) is 1.67. The Kier molecular flexibility index (Phi) is 3.19. The molecule has 1 aromatic rings. The van der Waals surface area contributed by atoms with Crippen LogP contribution in [0.5, 0.6) is 11.5 Å². The minimum Gasteiger partial charge on any atom is -0.507 e. The summed E-state index contributed by atoms with van der Waals surface area (Å²) in [7, 11) is 1.55. The molecule has 0 atom stereocenters. The quantitative estimate of drug-likeness (QED) is 0.721. The van der Waals surface area contributed by atoms with Crippen molar-refractivity contribution in [3.8, 4) is 11.5 Å². The number of phenolic OH excluding ortho intramolecular Hbond substituents is 1. The topological polar surface area (TPSA) is 84.6 Å². The summed E-state index contributed by atoms with van der Waals surface area (Å²) in [5.41, 5.74) is 7.45. The molecule has 5 nitrogen and oxygen atoms in total. The van der Waals surface area contributed by atoms with E-state index in [-0.39, 0.29) is 18.1 Å². The van der Waals surface area contributed by atoms with Crippen LogP contribution in [0.15, 0.2) is 6.07 Å². The van der Waals surface area contributed by atoms with E-state index < -0.39 is 0 Å². The van der Waals surface area contributed by atoms with E-state index in [4.69, 9.17) is 10.5 Å². The second-order valence-electron chi connectivity index (χ2n) is 4.06. The van der Waals surface area contributed by atoms with Gasteiger partial charge in [-0.25, -0.2) is 0 Å². The number of hydrogen-bond acceptors (Lipinski definition) is 4. The number of amides is 1. The van der Waals surface area contributed by atoms with Crippen LogP contribution < -0.4 is 15.8 Å². The highest BCUT2D eigenvalue weighted by Crippen LogP contribution is 2.41. The first kappa shape index (κ1) is 11.7. The number of aryl methyl sites for hydroxylation is 1. The minimum absolute atomic E-state index is 0.121. The summed E-state index contributed by atoms with van der Waals surface area (Å²) < 4.78 is 5.22. The average molecular weight is 236 g/mol. The fraction of sp³-hybridized carbons (Fsp3) is 0.417. The number of fused-ring (bicyclic) bond motifs is 1. The molecule has 0 unspecified atom stereocenters. The van der Waals surface area contributed by atoms with Crippen LogP contribution >= 0.6 is 0 Å².